The third-order valence-electron chi connectivity index (χ3n) is 4.13. The second-order valence-electron chi connectivity index (χ2n) is 5.97. The predicted octanol–water partition coefficient (Wildman–Crippen LogP) is 3.34. The molecule has 24 heavy (non-hydrogen) atoms. The zero-order chi connectivity index (χ0) is 17.4. The van der Waals surface area contributed by atoms with Crippen molar-refractivity contribution in [2.45, 2.75) is 19.8 Å². The maximum Gasteiger partial charge on any atom is 0.274 e. The Labute approximate surface area is 146 Å². The summed E-state index contributed by atoms with van der Waals surface area (Å²) < 4.78 is 0. The molecule has 0 aliphatic heterocycles. The van der Waals surface area contributed by atoms with Crippen molar-refractivity contribution < 1.29 is 4.79 Å². The van der Waals surface area contributed by atoms with Crippen molar-refractivity contribution in [3.05, 3.63) is 46.4 Å². The Balaban J connectivity index is 2.07. The van der Waals surface area contributed by atoms with Crippen LogP contribution in [0.1, 0.15) is 35.1 Å². The molecule has 0 saturated heterocycles. The number of anilines is 1. The molecule has 2 aromatic rings. The number of amides is 1. The summed E-state index contributed by atoms with van der Waals surface area (Å²) in [6.45, 7) is 2.08. The fourth-order valence-corrected chi connectivity index (χ4v) is 3.19. The van der Waals surface area contributed by atoms with Gasteiger partial charge >= 0.3 is 0 Å². The lowest BCUT2D eigenvalue weighted by Crippen LogP contribution is -2.24. The fourth-order valence-electron chi connectivity index (χ4n) is 2.83. The Morgan fingerprint density at radius 1 is 1.38 bits per heavy atom. The molecule has 0 atom stereocenters. The molecule has 2 aromatic heterocycles. The maximum absolute atomic E-state index is 12.2. The van der Waals surface area contributed by atoms with Crippen molar-refractivity contribution in [3.63, 3.8) is 0 Å². The molecule has 5 nitrogen and oxygen atoms in total. The molecule has 0 radical (unpaired) electrons. The molecule has 0 unspecified atom stereocenters. The van der Waals surface area contributed by atoms with Gasteiger partial charge in [0.25, 0.3) is 5.91 Å². The Bertz CT molecular complexity index is 858. The highest BCUT2D eigenvalue weighted by atomic mass is 35.5. The second kappa shape index (κ2) is 6.24. The van der Waals surface area contributed by atoms with Crippen LogP contribution in [0.2, 0.25) is 0 Å². The second-order valence-corrected chi connectivity index (χ2v) is 6.42. The van der Waals surface area contributed by atoms with E-state index in [2.05, 4.69) is 16.9 Å². The van der Waals surface area contributed by atoms with Gasteiger partial charge in [0.05, 0.1) is 17.1 Å². The number of fused-ring (bicyclic) bond motifs is 1. The molecule has 3 rings (SSSR count). The van der Waals surface area contributed by atoms with E-state index >= 15 is 0 Å². The summed E-state index contributed by atoms with van der Waals surface area (Å²) >= 11 is 6.32. The highest BCUT2D eigenvalue weighted by molar-refractivity contribution is 6.33. The van der Waals surface area contributed by atoms with E-state index in [0.717, 1.165) is 33.8 Å². The largest absolute Gasteiger partial charge is 0.397 e. The number of nitrogen functional groups attached to an aromatic ring is 1. The number of allylic oxidation sites excluding steroid dienone is 2. The van der Waals surface area contributed by atoms with Crippen LogP contribution >= 0.6 is 11.6 Å². The van der Waals surface area contributed by atoms with E-state index in [4.69, 9.17) is 17.3 Å². The molecular weight excluding hydrogens is 324 g/mol. The normalized spacial score (nSPS) is 13.2. The standard InChI is InChI=1S/C18H19ClN4O/c1-4-11-12-7-10(9-21-16(12)8-13(11)19)15-6-5-14(20)17(22-15)18(24)23(2)3/h5-7,9H,4,8,20H2,1-3H3. The van der Waals surface area contributed by atoms with Crippen molar-refractivity contribution >= 4 is 28.8 Å². The maximum atomic E-state index is 12.2. The lowest BCUT2D eigenvalue weighted by Gasteiger charge is -2.13. The monoisotopic (exact) mass is 342 g/mol. The average Bonchev–Trinajstić information content (AvgIpc) is 2.88. The first-order valence-corrected chi connectivity index (χ1v) is 8.15. The highest BCUT2D eigenvalue weighted by Gasteiger charge is 2.22. The van der Waals surface area contributed by atoms with Crippen LogP contribution in [0.3, 0.4) is 0 Å². The summed E-state index contributed by atoms with van der Waals surface area (Å²) in [7, 11) is 3.35. The van der Waals surface area contributed by atoms with Gasteiger partial charge in [-0.25, -0.2) is 4.98 Å². The highest BCUT2D eigenvalue weighted by Crippen LogP contribution is 2.37. The number of carbonyl (C=O) groups excluding carboxylic acids is 1. The van der Waals surface area contributed by atoms with Gasteiger partial charge in [-0.2, -0.15) is 0 Å². The summed E-state index contributed by atoms with van der Waals surface area (Å²) in [6, 6.07) is 5.55. The van der Waals surface area contributed by atoms with Crippen LogP contribution in [0, 0.1) is 0 Å². The third-order valence-corrected chi connectivity index (χ3v) is 4.49. The van der Waals surface area contributed by atoms with Gasteiger partial charge in [-0.15, -0.1) is 0 Å². The Hall–Kier alpha value is -2.40. The van der Waals surface area contributed by atoms with Gasteiger partial charge in [-0.3, -0.25) is 9.78 Å². The molecule has 2 N–H and O–H groups in total. The topological polar surface area (TPSA) is 72.1 Å². The van der Waals surface area contributed by atoms with Crippen LogP contribution < -0.4 is 5.73 Å². The molecule has 0 saturated carbocycles. The first kappa shape index (κ1) is 16.5. The number of pyridine rings is 2. The van der Waals surface area contributed by atoms with Crippen LogP contribution in [0.15, 0.2) is 29.4 Å². The van der Waals surface area contributed by atoms with E-state index in [1.807, 2.05) is 6.07 Å². The molecule has 6 heteroatoms. The van der Waals surface area contributed by atoms with E-state index in [1.54, 1.807) is 32.4 Å². The number of nitrogens with zero attached hydrogens (tertiary/aromatic N) is 3. The quantitative estimate of drug-likeness (QED) is 0.928. The fraction of sp³-hybridized carbons (Fsp3) is 0.278. The van der Waals surface area contributed by atoms with Crippen LogP contribution in [0.5, 0.6) is 0 Å². The van der Waals surface area contributed by atoms with Crippen LogP contribution in [0.25, 0.3) is 16.8 Å². The van der Waals surface area contributed by atoms with Gasteiger partial charge in [0.15, 0.2) is 5.69 Å². The molecule has 0 bridgehead atoms. The average molecular weight is 343 g/mol. The Kier molecular flexibility index (Phi) is 4.28. The summed E-state index contributed by atoms with van der Waals surface area (Å²) in [5.74, 6) is -0.222. The van der Waals surface area contributed by atoms with Crippen LogP contribution in [0.4, 0.5) is 5.69 Å². The first-order chi connectivity index (χ1) is 11.4. The summed E-state index contributed by atoms with van der Waals surface area (Å²) in [6.07, 6.45) is 3.31. The van der Waals surface area contributed by atoms with Gasteiger partial charge in [0, 0.05) is 42.9 Å². The summed E-state index contributed by atoms with van der Waals surface area (Å²) in [5.41, 5.74) is 11.2. The van der Waals surface area contributed by atoms with Gasteiger partial charge in [-0.1, -0.05) is 18.5 Å². The number of carbonyl (C=O) groups is 1. The predicted molar refractivity (Wildman–Crippen MR) is 96.7 cm³/mol. The molecular formula is C18H19ClN4O. The van der Waals surface area contributed by atoms with Crippen molar-refractivity contribution in [3.8, 4) is 11.3 Å². The number of halogens is 1. The SMILES string of the molecule is CCC1=C(Cl)Cc2ncc(-c3ccc(N)c(C(=O)N(C)C)n3)cc21. The van der Waals surface area contributed by atoms with E-state index in [9.17, 15) is 4.79 Å². The minimum Gasteiger partial charge on any atom is -0.397 e. The van der Waals surface area contributed by atoms with E-state index in [0.29, 0.717) is 17.8 Å². The molecule has 0 fully saturated rings. The van der Waals surface area contributed by atoms with E-state index in [1.165, 1.54) is 4.90 Å². The number of hydrogen-bond donors (Lipinski definition) is 1. The Morgan fingerprint density at radius 3 is 2.79 bits per heavy atom. The van der Waals surface area contributed by atoms with Crippen molar-refractivity contribution in [2.24, 2.45) is 0 Å². The van der Waals surface area contributed by atoms with Crippen LogP contribution in [-0.2, 0) is 6.42 Å². The smallest absolute Gasteiger partial charge is 0.274 e. The lowest BCUT2D eigenvalue weighted by molar-refractivity contribution is 0.0823. The molecule has 1 aliphatic carbocycles. The Morgan fingerprint density at radius 2 is 2.12 bits per heavy atom. The molecule has 0 aromatic carbocycles. The minimum absolute atomic E-state index is 0.222. The molecule has 2 heterocycles. The number of rotatable bonds is 3. The number of hydrogen-bond acceptors (Lipinski definition) is 4. The number of aromatic nitrogens is 2. The van der Waals surface area contributed by atoms with E-state index in [-0.39, 0.29) is 11.6 Å². The zero-order valence-electron chi connectivity index (χ0n) is 13.9. The zero-order valence-corrected chi connectivity index (χ0v) is 14.7. The molecule has 1 aliphatic rings. The van der Waals surface area contributed by atoms with Crippen molar-refractivity contribution in [1.82, 2.24) is 14.9 Å². The van der Waals surface area contributed by atoms with Gasteiger partial charge in [0.1, 0.15) is 0 Å². The van der Waals surface area contributed by atoms with Gasteiger partial charge in [0.2, 0.25) is 0 Å². The molecule has 0 spiro atoms. The molecule has 124 valence electrons. The van der Waals surface area contributed by atoms with Gasteiger partial charge in [-0.05, 0) is 30.2 Å². The summed E-state index contributed by atoms with van der Waals surface area (Å²) in [4.78, 5) is 22.7. The third kappa shape index (κ3) is 2.76. The number of nitrogens with two attached hydrogens (primary N) is 1. The van der Waals surface area contributed by atoms with Crippen molar-refractivity contribution in [2.75, 3.05) is 19.8 Å². The lowest BCUT2D eigenvalue weighted by atomic mass is 10.0. The summed E-state index contributed by atoms with van der Waals surface area (Å²) in [5, 5.41) is 0.853. The van der Waals surface area contributed by atoms with Crippen molar-refractivity contribution in [1.29, 1.82) is 0 Å². The molecule has 1 amide bonds. The van der Waals surface area contributed by atoms with Gasteiger partial charge < -0.3 is 10.6 Å². The first-order valence-electron chi connectivity index (χ1n) is 7.77. The minimum atomic E-state index is -0.222. The van der Waals surface area contributed by atoms with Crippen LogP contribution in [-0.4, -0.2) is 34.9 Å². The van der Waals surface area contributed by atoms with E-state index < -0.39 is 0 Å².